The van der Waals surface area contributed by atoms with Crippen molar-refractivity contribution in [3.8, 4) is 0 Å². The zero-order valence-electron chi connectivity index (χ0n) is 13.9. The molecule has 0 atom stereocenters. The number of amides is 2. The number of nitrogens with one attached hydrogen (secondary N) is 1. The van der Waals surface area contributed by atoms with Crippen LogP contribution < -0.4 is 5.32 Å². The maximum absolute atomic E-state index is 12.4. The summed E-state index contributed by atoms with van der Waals surface area (Å²) in [7, 11) is 4.08. The average molecular weight is 299 g/mol. The van der Waals surface area contributed by atoms with Crippen molar-refractivity contribution in [3.63, 3.8) is 0 Å². The van der Waals surface area contributed by atoms with Crippen LogP contribution in [0.5, 0.6) is 0 Å². The lowest BCUT2D eigenvalue weighted by molar-refractivity contribution is -0.138. The lowest BCUT2D eigenvalue weighted by atomic mass is 9.96. The van der Waals surface area contributed by atoms with Crippen LogP contribution in [0.2, 0.25) is 0 Å². The van der Waals surface area contributed by atoms with Crippen molar-refractivity contribution >= 4 is 12.0 Å². The minimum absolute atomic E-state index is 0.00242. The number of carboxylic acid groups (broad SMARTS) is 1. The highest BCUT2D eigenvalue weighted by Crippen LogP contribution is 2.33. The smallest absolute Gasteiger partial charge is 0.323 e. The van der Waals surface area contributed by atoms with Crippen molar-refractivity contribution in [3.05, 3.63) is 0 Å². The van der Waals surface area contributed by atoms with Crippen LogP contribution in [0.1, 0.15) is 46.5 Å². The van der Waals surface area contributed by atoms with Gasteiger partial charge in [0.15, 0.2) is 0 Å². The number of urea groups is 1. The average Bonchev–Trinajstić information content (AvgIpc) is 2.81. The molecule has 0 saturated heterocycles. The van der Waals surface area contributed by atoms with E-state index in [4.69, 9.17) is 5.11 Å². The third kappa shape index (κ3) is 4.59. The summed E-state index contributed by atoms with van der Waals surface area (Å²) in [6.45, 7) is 5.79. The second-order valence-corrected chi connectivity index (χ2v) is 7.14. The zero-order valence-corrected chi connectivity index (χ0v) is 13.9. The van der Waals surface area contributed by atoms with Gasteiger partial charge in [0, 0.05) is 17.6 Å². The molecule has 2 amide bonds. The van der Waals surface area contributed by atoms with Crippen molar-refractivity contribution < 1.29 is 14.7 Å². The molecule has 0 aliphatic heterocycles. The zero-order chi connectivity index (χ0) is 16.3. The molecule has 6 heteroatoms. The molecule has 1 fully saturated rings. The fourth-order valence-electron chi connectivity index (χ4n) is 2.90. The van der Waals surface area contributed by atoms with Gasteiger partial charge in [-0.05, 0) is 47.7 Å². The van der Waals surface area contributed by atoms with Crippen LogP contribution >= 0.6 is 0 Å². The molecule has 0 spiro atoms. The number of aliphatic carboxylic acids is 1. The Morgan fingerprint density at radius 1 is 1.19 bits per heavy atom. The Hall–Kier alpha value is -1.30. The summed E-state index contributed by atoms with van der Waals surface area (Å²) in [6.07, 6.45) is 4.47. The second-order valence-electron chi connectivity index (χ2n) is 7.14. The van der Waals surface area contributed by atoms with E-state index in [-0.39, 0.29) is 18.1 Å². The van der Waals surface area contributed by atoms with Crippen LogP contribution in [0, 0.1) is 0 Å². The van der Waals surface area contributed by atoms with Gasteiger partial charge in [-0.1, -0.05) is 12.8 Å². The summed E-state index contributed by atoms with van der Waals surface area (Å²) >= 11 is 0. The number of nitrogens with zero attached hydrogens (tertiary/aromatic N) is 2. The normalized spacial score (nSPS) is 17.8. The molecule has 0 heterocycles. The number of carbonyl (C=O) groups is 2. The third-order valence-electron chi connectivity index (χ3n) is 4.40. The van der Waals surface area contributed by atoms with Crippen LogP contribution in [0.25, 0.3) is 0 Å². The predicted molar refractivity (Wildman–Crippen MR) is 82.4 cm³/mol. The van der Waals surface area contributed by atoms with E-state index in [9.17, 15) is 9.59 Å². The summed E-state index contributed by atoms with van der Waals surface area (Å²) in [5, 5.41) is 11.9. The van der Waals surface area contributed by atoms with E-state index < -0.39 is 11.5 Å². The molecule has 0 aromatic rings. The molecule has 2 N–H and O–H groups in total. The van der Waals surface area contributed by atoms with Gasteiger partial charge in [-0.3, -0.25) is 4.79 Å². The minimum atomic E-state index is -0.997. The molecule has 6 nitrogen and oxygen atoms in total. The molecule has 1 aliphatic rings. The number of hydrogen-bond acceptors (Lipinski definition) is 3. The fourth-order valence-corrected chi connectivity index (χ4v) is 2.90. The molecule has 122 valence electrons. The second kappa shape index (κ2) is 6.64. The molecular weight excluding hydrogens is 270 g/mol. The van der Waals surface area contributed by atoms with Crippen LogP contribution in [-0.2, 0) is 4.79 Å². The van der Waals surface area contributed by atoms with Crippen molar-refractivity contribution in [2.24, 2.45) is 0 Å². The highest BCUT2D eigenvalue weighted by atomic mass is 16.4. The Morgan fingerprint density at radius 3 is 2.10 bits per heavy atom. The Labute approximate surface area is 127 Å². The quantitative estimate of drug-likeness (QED) is 0.811. The van der Waals surface area contributed by atoms with E-state index in [2.05, 4.69) is 10.2 Å². The molecule has 0 unspecified atom stereocenters. The van der Waals surface area contributed by atoms with Crippen LogP contribution in [0.3, 0.4) is 0 Å². The number of hydrogen-bond donors (Lipinski definition) is 2. The third-order valence-corrected chi connectivity index (χ3v) is 4.40. The van der Waals surface area contributed by atoms with Gasteiger partial charge in [-0.25, -0.2) is 4.79 Å². The maximum atomic E-state index is 12.4. The SMILES string of the molecule is CN(C)C1(CNC(=O)N(CC(=O)O)C(C)(C)C)CCCC1. The number of carboxylic acids is 1. The Bertz CT molecular complexity index is 382. The monoisotopic (exact) mass is 299 g/mol. The molecule has 1 saturated carbocycles. The van der Waals surface area contributed by atoms with Crippen molar-refractivity contribution in [1.82, 2.24) is 15.1 Å². The van der Waals surface area contributed by atoms with Crippen LogP contribution in [0.4, 0.5) is 4.79 Å². The first-order valence-corrected chi connectivity index (χ1v) is 7.53. The van der Waals surface area contributed by atoms with E-state index in [0.717, 1.165) is 12.8 Å². The molecule has 0 radical (unpaired) electrons. The van der Waals surface area contributed by atoms with E-state index in [0.29, 0.717) is 6.54 Å². The van der Waals surface area contributed by atoms with Gasteiger partial charge < -0.3 is 20.2 Å². The summed E-state index contributed by atoms with van der Waals surface area (Å²) in [4.78, 5) is 26.9. The van der Waals surface area contributed by atoms with E-state index >= 15 is 0 Å². The van der Waals surface area contributed by atoms with E-state index in [1.807, 2.05) is 34.9 Å². The van der Waals surface area contributed by atoms with E-state index in [1.54, 1.807) is 0 Å². The highest BCUT2D eigenvalue weighted by Gasteiger charge is 2.37. The lowest BCUT2D eigenvalue weighted by Gasteiger charge is -2.39. The Kier molecular flexibility index (Phi) is 5.61. The maximum Gasteiger partial charge on any atom is 0.323 e. The molecule has 0 aromatic carbocycles. The summed E-state index contributed by atoms with van der Waals surface area (Å²) in [6, 6.07) is -0.307. The lowest BCUT2D eigenvalue weighted by Crippen LogP contribution is -2.57. The van der Waals surface area contributed by atoms with Gasteiger partial charge in [-0.2, -0.15) is 0 Å². The predicted octanol–water partition coefficient (Wildman–Crippen LogP) is 1.76. The van der Waals surface area contributed by atoms with Gasteiger partial charge >= 0.3 is 12.0 Å². The minimum Gasteiger partial charge on any atom is -0.480 e. The summed E-state index contributed by atoms with van der Waals surface area (Å²) in [5.41, 5.74) is -0.522. The first kappa shape index (κ1) is 17.8. The number of rotatable bonds is 5. The molecule has 21 heavy (non-hydrogen) atoms. The largest absolute Gasteiger partial charge is 0.480 e. The number of likely N-dealkylation sites (N-methyl/N-ethyl adjacent to an activating group) is 1. The Balaban J connectivity index is 2.71. The van der Waals surface area contributed by atoms with Crippen molar-refractivity contribution in [2.75, 3.05) is 27.2 Å². The summed E-state index contributed by atoms with van der Waals surface area (Å²) < 4.78 is 0. The Morgan fingerprint density at radius 2 is 1.71 bits per heavy atom. The van der Waals surface area contributed by atoms with Crippen LogP contribution in [0.15, 0.2) is 0 Å². The highest BCUT2D eigenvalue weighted by molar-refractivity contribution is 5.80. The van der Waals surface area contributed by atoms with E-state index in [1.165, 1.54) is 17.7 Å². The topological polar surface area (TPSA) is 72.9 Å². The summed E-state index contributed by atoms with van der Waals surface area (Å²) in [5.74, 6) is -0.997. The van der Waals surface area contributed by atoms with Gasteiger partial charge in [0.05, 0.1) is 0 Å². The first-order chi connectivity index (χ1) is 9.58. The first-order valence-electron chi connectivity index (χ1n) is 7.53. The van der Waals surface area contributed by atoms with Crippen molar-refractivity contribution in [2.45, 2.75) is 57.5 Å². The molecule has 0 bridgehead atoms. The molecule has 1 rings (SSSR count). The molecular formula is C15H29N3O3. The van der Waals surface area contributed by atoms with Gasteiger partial charge in [0.2, 0.25) is 0 Å². The van der Waals surface area contributed by atoms with Crippen LogP contribution in [-0.4, -0.2) is 65.2 Å². The number of carbonyl (C=O) groups excluding carboxylic acids is 1. The standard InChI is InChI=1S/C15H29N3O3/c1-14(2,3)18(10-12(19)20)13(21)16-11-15(17(4)5)8-6-7-9-15/h6-11H2,1-5H3,(H,16,21)(H,19,20). The molecule has 1 aliphatic carbocycles. The fraction of sp³-hybridized carbons (Fsp3) is 0.867. The van der Waals surface area contributed by atoms with Gasteiger partial charge in [-0.15, -0.1) is 0 Å². The van der Waals surface area contributed by atoms with Crippen molar-refractivity contribution in [1.29, 1.82) is 0 Å². The molecule has 0 aromatic heterocycles. The van der Waals surface area contributed by atoms with Gasteiger partial charge in [0.25, 0.3) is 0 Å². The van der Waals surface area contributed by atoms with Gasteiger partial charge in [0.1, 0.15) is 6.54 Å².